The molecule has 2 N–H and O–H groups in total. The Bertz CT molecular complexity index is 416. The first-order valence-corrected chi connectivity index (χ1v) is 6.79. The highest BCUT2D eigenvalue weighted by molar-refractivity contribution is 5.79. The highest BCUT2D eigenvalue weighted by Gasteiger charge is 2.53. The minimum atomic E-state index is 0.600. The van der Waals surface area contributed by atoms with Gasteiger partial charge in [-0.3, -0.25) is 4.99 Å². The number of aliphatic imine (C=N–C) groups is 1. The molecule has 3 rings (SSSR count). The van der Waals surface area contributed by atoms with Gasteiger partial charge in [0, 0.05) is 13.6 Å². The van der Waals surface area contributed by atoms with Crippen LogP contribution in [0.3, 0.4) is 0 Å². The van der Waals surface area contributed by atoms with Crippen LogP contribution in [0, 0.1) is 11.3 Å². The van der Waals surface area contributed by atoms with Crippen molar-refractivity contribution in [3.63, 3.8) is 0 Å². The Morgan fingerprint density at radius 1 is 1.44 bits per heavy atom. The van der Waals surface area contributed by atoms with Crippen LogP contribution < -0.4 is 10.6 Å². The number of furan rings is 1. The summed E-state index contributed by atoms with van der Waals surface area (Å²) in [4.78, 5) is 4.25. The second kappa shape index (κ2) is 4.67. The van der Waals surface area contributed by atoms with Gasteiger partial charge in [0.1, 0.15) is 5.76 Å². The van der Waals surface area contributed by atoms with Crippen LogP contribution in [0.25, 0.3) is 0 Å². The molecule has 0 aliphatic heterocycles. The summed E-state index contributed by atoms with van der Waals surface area (Å²) >= 11 is 0. The topological polar surface area (TPSA) is 49.6 Å². The number of hydrogen-bond acceptors (Lipinski definition) is 2. The van der Waals surface area contributed by atoms with E-state index < -0.39 is 0 Å². The van der Waals surface area contributed by atoms with E-state index in [4.69, 9.17) is 4.42 Å². The molecular formula is C14H21N3O. The summed E-state index contributed by atoms with van der Waals surface area (Å²) in [7, 11) is 1.81. The minimum Gasteiger partial charge on any atom is -0.467 e. The lowest BCUT2D eigenvalue weighted by Gasteiger charge is -2.17. The van der Waals surface area contributed by atoms with Gasteiger partial charge in [-0.05, 0) is 49.1 Å². The molecule has 1 aromatic rings. The summed E-state index contributed by atoms with van der Waals surface area (Å²) in [6.45, 7) is 1.75. The highest BCUT2D eigenvalue weighted by atomic mass is 16.3. The van der Waals surface area contributed by atoms with Crippen LogP contribution in [0.5, 0.6) is 0 Å². The molecule has 2 saturated carbocycles. The van der Waals surface area contributed by atoms with Gasteiger partial charge in [-0.1, -0.05) is 0 Å². The van der Waals surface area contributed by atoms with Gasteiger partial charge >= 0.3 is 0 Å². The maximum Gasteiger partial charge on any atom is 0.191 e. The molecule has 98 valence electrons. The molecule has 0 atom stereocenters. The lowest BCUT2D eigenvalue weighted by Crippen LogP contribution is -2.40. The van der Waals surface area contributed by atoms with Gasteiger partial charge in [0.15, 0.2) is 5.96 Å². The van der Waals surface area contributed by atoms with Gasteiger partial charge in [-0.2, -0.15) is 0 Å². The van der Waals surface area contributed by atoms with Gasteiger partial charge in [0.25, 0.3) is 0 Å². The zero-order valence-electron chi connectivity index (χ0n) is 10.9. The molecule has 18 heavy (non-hydrogen) atoms. The van der Waals surface area contributed by atoms with Crippen LogP contribution in [0.15, 0.2) is 27.8 Å². The van der Waals surface area contributed by atoms with E-state index in [1.54, 1.807) is 6.26 Å². The van der Waals surface area contributed by atoms with E-state index in [0.717, 1.165) is 24.2 Å². The monoisotopic (exact) mass is 247 g/mol. The van der Waals surface area contributed by atoms with Crippen LogP contribution in [0.2, 0.25) is 0 Å². The molecule has 2 aliphatic rings. The number of nitrogens with one attached hydrogen (secondary N) is 2. The maximum atomic E-state index is 5.29. The van der Waals surface area contributed by atoms with E-state index in [2.05, 4.69) is 15.6 Å². The average molecular weight is 247 g/mol. The SMILES string of the molecule is CN=C(NCc1ccco1)NCC1(C2CC2)CC1. The molecule has 0 aromatic carbocycles. The van der Waals surface area contributed by atoms with E-state index in [1.165, 1.54) is 25.7 Å². The van der Waals surface area contributed by atoms with Crippen molar-refractivity contribution in [2.75, 3.05) is 13.6 Å². The fourth-order valence-corrected chi connectivity index (χ4v) is 2.65. The zero-order valence-corrected chi connectivity index (χ0v) is 10.9. The summed E-state index contributed by atoms with van der Waals surface area (Å²) in [5.74, 6) is 2.78. The van der Waals surface area contributed by atoms with Crippen molar-refractivity contribution < 1.29 is 4.42 Å². The van der Waals surface area contributed by atoms with Crippen molar-refractivity contribution >= 4 is 5.96 Å². The van der Waals surface area contributed by atoms with Crippen LogP contribution in [0.1, 0.15) is 31.4 Å². The number of nitrogens with zero attached hydrogens (tertiary/aromatic N) is 1. The molecule has 2 fully saturated rings. The largest absolute Gasteiger partial charge is 0.467 e. The van der Waals surface area contributed by atoms with Gasteiger partial charge < -0.3 is 15.1 Å². The Balaban J connectivity index is 1.45. The molecular weight excluding hydrogens is 226 g/mol. The van der Waals surface area contributed by atoms with E-state index in [-0.39, 0.29) is 0 Å². The van der Waals surface area contributed by atoms with Crippen molar-refractivity contribution in [2.45, 2.75) is 32.2 Å². The normalized spacial score (nSPS) is 21.7. The summed E-state index contributed by atoms with van der Waals surface area (Å²) in [6.07, 6.45) is 7.33. The van der Waals surface area contributed by atoms with E-state index in [9.17, 15) is 0 Å². The molecule has 0 radical (unpaired) electrons. The van der Waals surface area contributed by atoms with Crippen LogP contribution in [-0.2, 0) is 6.54 Å². The van der Waals surface area contributed by atoms with Crippen molar-refractivity contribution in [2.24, 2.45) is 16.3 Å². The predicted molar refractivity (Wildman–Crippen MR) is 71.3 cm³/mol. The standard InChI is InChI=1S/C14H21N3O/c1-15-13(16-9-12-3-2-8-18-12)17-10-14(6-7-14)11-4-5-11/h2-3,8,11H,4-7,9-10H2,1H3,(H2,15,16,17). The minimum absolute atomic E-state index is 0.600. The number of rotatable bonds is 5. The molecule has 1 aromatic heterocycles. The third-order valence-corrected chi connectivity index (χ3v) is 4.18. The van der Waals surface area contributed by atoms with Crippen molar-refractivity contribution in [3.8, 4) is 0 Å². The lowest BCUT2D eigenvalue weighted by atomic mass is 10.0. The average Bonchev–Trinajstić information content (AvgIpc) is 3.29. The van der Waals surface area contributed by atoms with Gasteiger partial charge in [-0.15, -0.1) is 0 Å². The maximum absolute atomic E-state index is 5.29. The Morgan fingerprint density at radius 2 is 2.28 bits per heavy atom. The third kappa shape index (κ3) is 2.52. The fourth-order valence-electron chi connectivity index (χ4n) is 2.65. The molecule has 0 spiro atoms. The second-order valence-electron chi connectivity index (χ2n) is 5.50. The Hall–Kier alpha value is -1.45. The molecule has 0 bridgehead atoms. The number of guanidine groups is 1. The molecule has 4 nitrogen and oxygen atoms in total. The molecule has 0 unspecified atom stereocenters. The molecule has 1 heterocycles. The summed E-state index contributed by atoms with van der Waals surface area (Å²) < 4.78 is 5.29. The lowest BCUT2D eigenvalue weighted by molar-refractivity contribution is 0.430. The Morgan fingerprint density at radius 3 is 2.83 bits per heavy atom. The van der Waals surface area contributed by atoms with Crippen LogP contribution in [-0.4, -0.2) is 19.6 Å². The fraction of sp³-hybridized carbons (Fsp3) is 0.643. The smallest absolute Gasteiger partial charge is 0.191 e. The number of hydrogen-bond donors (Lipinski definition) is 2. The van der Waals surface area contributed by atoms with Crippen molar-refractivity contribution in [3.05, 3.63) is 24.2 Å². The first-order valence-electron chi connectivity index (χ1n) is 6.79. The van der Waals surface area contributed by atoms with Crippen molar-refractivity contribution in [1.29, 1.82) is 0 Å². The quantitative estimate of drug-likeness (QED) is 0.619. The van der Waals surface area contributed by atoms with Gasteiger partial charge in [0.2, 0.25) is 0 Å². The van der Waals surface area contributed by atoms with E-state index in [1.807, 2.05) is 19.2 Å². The first kappa shape index (κ1) is 11.6. The van der Waals surface area contributed by atoms with E-state index >= 15 is 0 Å². The second-order valence-corrected chi connectivity index (χ2v) is 5.50. The highest BCUT2D eigenvalue weighted by Crippen LogP contribution is 2.60. The van der Waals surface area contributed by atoms with E-state index in [0.29, 0.717) is 12.0 Å². The van der Waals surface area contributed by atoms with Crippen LogP contribution >= 0.6 is 0 Å². The van der Waals surface area contributed by atoms with Gasteiger partial charge in [-0.25, -0.2) is 0 Å². The molecule has 0 saturated heterocycles. The van der Waals surface area contributed by atoms with Crippen LogP contribution in [0.4, 0.5) is 0 Å². The van der Waals surface area contributed by atoms with Crippen molar-refractivity contribution in [1.82, 2.24) is 10.6 Å². The third-order valence-electron chi connectivity index (χ3n) is 4.18. The summed E-state index contributed by atoms with van der Waals surface area (Å²) in [5, 5.41) is 6.73. The molecule has 0 amide bonds. The predicted octanol–water partition coefficient (Wildman–Crippen LogP) is 2.13. The summed E-state index contributed by atoms with van der Waals surface area (Å²) in [6, 6.07) is 3.87. The molecule has 4 heteroatoms. The Kier molecular flexibility index (Phi) is 3.02. The molecule has 2 aliphatic carbocycles. The first-order chi connectivity index (χ1) is 8.82. The Labute approximate surface area is 108 Å². The van der Waals surface area contributed by atoms with Gasteiger partial charge in [0.05, 0.1) is 12.8 Å². The summed E-state index contributed by atoms with van der Waals surface area (Å²) in [5.41, 5.74) is 0.600. The zero-order chi connectivity index (χ0) is 12.4.